The van der Waals surface area contributed by atoms with E-state index in [4.69, 9.17) is 23.7 Å². The molecule has 272 valence electrons. The molecule has 0 radical (unpaired) electrons. The molecule has 1 unspecified atom stereocenters. The van der Waals surface area contributed by atoms with Crippen LogP contribution < -0.4 is 0 Å². The SMILES string of the molecule is C[C@@H]1OC(O[C@H]2CC[C@@]3(C)[C@H](CC[C@@H]4[C@@H]3CC[C@]3(C)[C@@H](C5=CC(=O)OC5)CC[C@]43O)C2)[C@@H](O)[C@H](O)[C@@H]1O[C@@H]1O[C@H](CO)[C@@H](O)[C@H](O)[C@H]1O. The van der Waals surface area contributed by atoms with Crippen molar-refractivity contribution >= 4 is 5.97 Å². The van der Waals surface area contributed by atoms with E-state index in [1.54, 1.807) is 13.0 Å². The number of ether oxygens (including phenoxy) is 5. The van der Waals surface area contributed by atoms with Gasteiger partial charge in [0, 0.05) is 11.5 Å². The first-order valence-electron chi connectivity index (χ1n) is 17.9. The standard InChI is InChI=1S/C35H54O13/c1-16-30(48-32-28(41)26(39)25(38)23(14-36)47-32)27(40)29(42)31(45-16)46-19-6-9-33(2)18(13-19)4-5-22-21(33)7-10-34(3)20(8-11-35(22,34)43)17-12-24(37)44-15-17/h12,16,18-23,25-32,36,38-43H,4-11,13-15H2,1-3H3/t16-,18+,19-,20+,21-,22+,23+,25+,26-,27-,28+,29-,30+,31?,32-,33-,34+,35-/m0/s1. The number of hydrogen-bond acceptors (Lipinski definition) is 13. The number of rotatable bonds is 6. The Morgan fingerprint density at radius 3 is 2.27 bits per heavy atom. The van der Waals surface area contributed by atoms with Crippen molar-refractivity contribution in [3.8, 4) is 0 Å². The third-order valence-corrected chi connectivity index (χ3v) is 14.2. The molecule has 18 atom stereocenters. The smallest absolute Gasteiger partial charge is 0.331 e. The molecular formula is C35H54O13. The molecule has 13 heteroatoms. The lowest BCUT2D eigenvalue weighted by atomic mass is 9.43. The molecule has 7 N–H and O–H groups in total. The quantitative estimate of drug-likeness (QED) is 0.149. The Bertz CT molecular complexity index is 1240. The van der Waals surface area contributed by atoms with Crippen LogP contribution >= 0.6 is 0 Å². The second-order valence-corrected chi connectivity index (χ2v) is 16.3. The Hall–Kier alpha value is -1.23. The molecule has 3 heterocycles. The van der Waals surface area contributed by atoms with E-state index in [2.05, 4.69) is 13.8 Å². The molecule has 4 saturated carbocycles. The van der Waals surface area contributed by atoms with Crippen molar-refractivity contribution in [3.05, 3.63) is 11.6 Å². The molecule has 2 saturated heterocycles. The van der Waals surface area contributed by atoms with Gasteiger partial charge in [0.25, 0.3) is 0 Å². The molecule has 0 aromatic rings. The summed E-state index contributed by atoms with van der Waals surface area (Å²) < 4.78 is 28.8. The van der Waals surface area contributed by atoms with Crippen LogP contribution in [0.15, 0.2) is 11.6 Å². The Morgan fingerprint density at radius 1 is 0.833 bits per heavy atom. The zero-order chi connectivity index (χ0) is 34.3. The highest BCUT2D eigenvalue weighted by Crippen LogP contribution is 2.70. The second kappa shape index (κ2) is 12.8. The molecule has 3 aliphatic heterocycles. The summed E-state index contributed by atoms with van der Waals surface area (Å²) in [5, 5.41) is 74.7. The summed E-state index contributed by atoms with van der Waals surface area (Å²) in [6, 6.07) is 0. The van der Waals surface area contributed by atoms with Crippen molar-refractivity contribution in [3.63, 3.8) is 0 Å². The summed E-state index contributed by atoms with van der Waals surface area (Å²) in [7, 11) is 0. The van der Waals surface area contributed by atoms with Gasteiger partial charge in [0.1, 0.15) is 49.3 Å². The molecule has 7 aliphatic rings. The van der Waals surface area contributed by atoms with Gasteiger partial charge in [-0.2, -0.15) is 0 Å². The average molecular weight is 683 g/mol. The van der Waals surface area contributed by atoms with Gasteiger partial charge >= 0.3 is 5.97 Å². The first-order chi connectivity index (χ1) is 22.7. The van der Waals surface area contributed by atoms with Crippen LogP contribution in [-0.2, 0) is 28.5 Å². The number of aliphatic hydroxyl groups is 7. The number of esters is 1. The van der Waals surface area contributed by atoms with Crippen molar-refractivity contribution in [2.24, 2.45) is 34.5 Å². The minimum absolute atomic E-state index is 0.0345. The van der Waals surface area contributed by atoms with Crippen LogP contribution in [-0.4, -0.2) is 128 Å². The highest BCUT2D eigenvalue weighted by molar-refractivity contribution is 5.85. The molecule has 4 aliphatic carbocycles. The van der Waals surface area contributed by atoms with E-state index < -0.39 is 73.6 Å². The van der Waals surface area contributed by atoms with Crippen LogP contribution in [0.2, 0.25) is 0 Å². The number of carbonyl (C=O) groups excluding carboxylic acids is 1. The molecule has 0 aromatic heterocycles. The van der Waals surface area contributed by atoms with E-state index >= 15 is 0 Å². The lowest BCUT2D eigenvalue weighted by Crippen LogP contribution is -2.64. The topological polar surface area (TPSA) is 205 Å². The maximum atomic E-state index is 12.5. The zero-order valence-corrected chi connectivity index (χ0v) is 28.1. The van der Waals surface area contributed by atoms with Crippen LogP contribution in [0.4, 0.5) is 0 Å². The van der Waals surface area contributed by atoms with Crippen LogP contribution in [0, 0.1) is 34.5 Å². The Morgan fingerprint density at radius 2 is 1.56 bits per heavy atom. The fraction of sp³-hybridized carbons (Fsp3) is 0.914. The highest BCUT2D eigenvalue weighted by Gasteiger charge is 2.68. The van der Waals surface area contributed by atoms with Crippen molar-refractivity contribution in [2.45, 2.75) is 152 Å². The van der Waals surface area contributed by atoms with E-state index in [1.165, 1.54) is 0 Å². The van der Waals surface area contributed by atoms with Gasteiger partial charge < -0.3 is 59.4 Å². The third-order valence-electron chi connectivity index (χ3n) is 14.2. The summed E-state index contributed by atoms with van der Waals surface area (Å²) in [6.07, 6.45) is -4.12. The molecule has 0 spiro atoms. The van der Waals surface area contributed by atoms with Crippen molar-refractivity contribution in [2.75, 3.05) is 13.2 Å². The maximum absolute atomic E-state index is 12.5. The number of fused-ring (bicyclic) bond motifs is 5. The van der Waals surface area contributed by atoms with E-state index in [0.717, 1.165) is 63.4 Å². The minimum atomic E-state index is -1.65. The molecule has 7 rings (SSSR count). The van der Waals surface area contributed by atoms with Gasteiger partial charge in [-0.25, -0.2) is 4.79 Å². The highest BCUT2D eigenvalue weighted by atomic mass is 16.7. The molecule has 6 fully saturated rings. The van der Waals surface area contributed by atoms with Crippen molar-refractivity contribution in [1.29, 1.82) is 0 Å². The number of carbonyl (C=O) groups is 1. The first kappa shape index (κ1) is 35.2. The van der Waals surface area contributed by atoms with E-state index in [9.17, 15) is 40.5 Å². The van der Waals surface area contributed by atoms with Gasteiger partial charge in [-0.1, -0.05) is 13.8 Å². The van der Waals surface area contributed by atoms with Crippen molar-refractivity contribution < 1.29 is 64.2 Å². The fourth-order valence-corrected chi connectivity index (χ4v) is 11.3. The molecule has 0 amide bonds. The zero-order valence-electron chi connectivity index (χ0n) is 28.1. The van der Waals surface area contributed by atoms with Gasteiger partial charge in [0.15, 0.2) is 12.6 Å². The number of cyclic esters (lactones) is 1. The molecule has 48 heavy (non-hydrogen) atoms. The van der Waals surface area contributed by atoms with Crippen LogP contribution in [0.1, 0.15) is 78.6 Å². The molecule has 0 aromatic carbocycles. The first-order valence-corrected chi connectivity index (χ1v) is 17.9. The average Bonchev–Trinajstić information content (AvgIpc) is 3.61. The van der Waals surface area contributed by atoms with E-state index in [1.807, 2.05) is 0 Å². The van der Waals surface area contributed by atoms with E-state index in [0.29, 0.717) is 18.4 Å². The second-order valence-electron chi connectivity index (χ2n) is 16.3. The minimum Gasteiger partial charge on any atom is -0.458 e. The van der Waals surface area contributed by atoms with Gasteiger partial charge in [-0.3, -0.25) is 0 Å². The summed E-state index contributed by atoms with van der Waals surface area (Å²) >= 11 is 0. The summed E-state index contributed by atoms with van der Waals surface area (Å²) in [5.74, 6) is 0.825. The van der Waals surface area contributed by atoms with Gasteiger partial charge in [0.05, 0.1) is 24.4 Å². The maximum Gasteiger partial charge on any atom is 0.331 e. The number of aliphatic hydroxyl groups excluding tert-OH is 6. The number of hydrogen-bond donors (Lipinski definition) is 7. The van der Waals surface area contributed by atoms with Crippen LogP contribution in [0.25, 0.3) is 0 Å². The molecular weight excluding hydrogens is 628 g/mol. The normalized spacial score (nSPS) is 55.3. The summed E-state index contributed by atoms with van der Waals surface area (Å²) in [5.41, 5.74) is 0.00280. The van der Waals surface area contributed by atoms with E-state index in [-0.39, 0.29) is 34.7 Å². The Balaban J connectivity index is 0.977. The predicted octanol–water partition coefficient (Wildman–Crippen LogP) is 0.280. The third kappa shape index (κ3) is 5.42. The Labute approximate surface area is 281 Å². The van der Waals surface area contributed by atoms with Gasteiger partial charge in [0.2, 0.25) is 0 Å². The van der Waals surface area contributed by atoms with Crippen molar-refractivity contribution in [1.82, 2.24) is 0 Å². The fourth-order valence-electron chi connectivity index (χ4n) is 11.3. The Kier molecular flexibility index (Phi) is 9.36. The molecule has 0 bridgehead atoms. The molecule has 13 nitrogen and oxygen atoms in total. The largest absolute Gasteiger partial charge is 0.458 e. The summed E-state index contributed by atoms with van der Waals surface area (Å²) in [4.78, 5) is 11.9. The van der Waals surface area contributed by atoms with Crippen LogP contribution in [0.5, 0.6) is 0 Å². The van der Waals surface area contributed by atoms with Gasteiger partial charge in [-0.15, -0.1) is 0 Å². The lowest BCUT2D eigenvalue weighted by molar-refractivity contribution is -0.360. The monoisotopic (exact) mass is 682 g/mol. The lowest BCUT2D eigenvalue weighted by Gasteiger charge is -2.64. The predicted molar refractivity (Wildman–Crippen MR) is 166 cm³/mol. The van der Waals surface area contributed by atoms with Gasteiger partial charge in [-0.05, 0) is 99.4 Å². The summed E-state index contributed by atoms with van der Waals surface area (Å²) in [6.45, 7) is 5.97. The van der Waals surface area contributed by atoms with Crippen LogP contribution in [0.3, 0.4) is 0 Å².